The fourth-order valence-corrected chi connectivity index (χ4v) is 1.99. The minimum atomic E-state index is -0.432. The topological polar surface area (TPSA) is 83.5 Å². The van der Waals surface area contributed by atoms with Gasteiger partial charge in [0, 0.05) is 24.3 Å². The molecule has 6 heteroatoms. The first kappa shape index (κ1) is 14.9. The van der Waals surface area contributed by atoms with Gasteiger partial charge < -0.3 is 16.3 Å². The lowest BCUT2D eigenvalue weighted by atomic mass is 10.1. The van der Waals surface area contributed by atoms with E-state index in [0.29, 0.717) is 12.1 Å². The summed E-state index contributed by atoms with van der Waals surface area (Å²) < 4.78 is 13.3. The molecule has 2 aromatic rings. The van der Waals surface area contributed by atoms with Crippen LogP contribution in [0.3, 0.4) is 0 Å². The lowest BCUT2D eigenvalue weighted by molar-refractivity contribution is 0.318. The highest BCUT2D eigenvalue weighted by Crippen LogP contribution is 2.14. The van der Waals surface area contributed by atoms with Crippen LogP contribution in [0.1, 0.15) is 29.8 Å². The summed E-state index contributed by atoms with van der Waals surface area (Å²) in [6, 6.07) is 9.92. The summed E-state index contributed by atoms with van der Waals surface area (Å²) in [5.74, 6) is -0.546. The zero-order valence-corrected chi connectivity index (χ0v) is 11.6. The Morgan fingerprint density at radius 1 is 1.43 bits per heavy atom. The van der Waals surface area contributed by atoms with E-state index in [1.54, 1.807) is 12.3 Å². The number of nitrogens with one attached hydrogen (secondary N) is 1. The molecule has 0 radical (unpaired) electrons. The molecule has 2 rings (SSSR count). The van der Waals surface area contributed by atoms with E-state index in [9.17, 15) is 4.39 Å². The van der Waals surface area contributed by atoms with Crippen LogP contribution < -0.4 is 11.1 Å². The zero-order valence-electron chi connectivity index (χ0n) is 11.6. The first-order chi connectivity index (χ1) is 10.1. The van der Waals surface area contributed by atoms with Crippen LogP contribution in [0.2, 0.25) is 0 Å². The summed E-state index contributed by atoms with van der Waals surface area (Å²) >= 11 is 0. The Labute approximate surface area is 122 Å². The zero-order chi connectivity index (χ0) is 15.2. The van der Waals surface area contributed by atoms with E-state index in [1.807, 2.05) is 25.1 Å². The van der Waals surface area contributed by atoms with E-state index in [0.717, 1.165) is 11.3 Å². The maximum atomic E-state index is 13.3. The SMILES string of the molecule is C[C@H](NCc1ccc(F)cc1/C(N)=N/O)c1ccccn1. The number of pyridine rings is 1. The van der Waals surface area contributed by atoms with Crippen molar-refractivity contribution in [2.45, 2.75) is 19.5 Å². The van der Waals surface area contributed by atoms with Crippen molar-refractivity contribution in [1.29, 1.82) is 0 Å². The Morgan fingerprint density at radius 2 is 2.24 bits per heavy atom. The van der Waals surface area contributed by atoms with Crippen molar-refractivity contribution < 1.29 is 9.60 Å². The molecule has 5 nitrogen and oxygen atoms in total. The van der Waals surface area contributed by atoms with Gasteiger partial charge in [-0.3, -0.25) is 4.98 Å². The highest BCUT2D eigenvalue weighted by molar-refractivity contribution is 5.98. The first-order valence-corrected chi connectivity index (χ1v) is 6.52. The fourth-order valence-electron chi connectivity index (χ4n) is 1.99. The van der Waals surface area contributed by atoms with Gasteiger partial charge in [-0.15, -0.1) is 0 Å². The number of rotatable bonds is 5. The maximum absolute atomic E-state index is 13.3. The summed E-state index contributed by atoms with van der Waals surface area (Å²) in [6.45, 7) is 2.43. The Morgan fingerprint density at radius 3 is 2.90 bits per heavy atom. The van der Waals surface area contributed by atoms with E-state index in [4.69, 9.17) is 10.9 Å². The lowest BCUT2D eigenvalue weighted by Gasteiger charge is -2.15. The van der Waals surface area contributed by atoms with Crippen molar-refractivity contribution in [3.05, 3.63) is 65.2 Å². The minimum absolute atomic E-state index is 0.0244. The summed E-state index contributed by atoms with van der Waals surface area (Å²) in [4.78, 5) is 4.27. The van der Waals surface area contributed by atoms with Crippen molar-refractivity contribution in [3.63, 3.8) is 0 Å². The van der Waals surface area contributed by atoms with E-state index in [1.165, 1.54) is 12.1 Å². The Balaban J connectivity index is 2.13. The molecule has 0 saturated carbocycles. The number of nitrogens with two attached hydrogens (primary N) is 1. The molecule has 0 aliphatic carbocycles. The normalized spacial score (nSPS) is 13.1. The van der Waals surface area contributed by atoms with Crippen LogP contribution in [-0.4, -0.2) is 16.0 Å². The molecule has 0 aliphatic heterocycles. The average Bonchev–Trinajstić information content (AvgIpc) is 2.53. The number of aromatic nitrogens is 1. The van der Waals surface area contributed by atoms with E-state index < -0.39 is 5.82 Å². The molecule has 21 heavy (non-hydrogen) atoms. The molecule has 0 amide bonds. The van der Waals surface area contributed by atoms with Crippen molar-refractivity contribution in [3.8, 4) is 0 Å². The average molecular weight is 288 g/mol. The number of amidine groups is 1. The molecule has 1 aromatic heterocycles. The molecule has 0 bridgehead atoms. The fraction of sp³-hybridized carbons (Fsp3) is 0.200. The molecular weight excluding hydrogens is 271 g/mol. The molecule has 0 saturated heterocycles. The van der Waals surface area contributed by atoms with Gasteiger partial charge in [-0.2, -0.15) is 0 Å². The van der Waals surface area contributed by atoms with Crippen LogP contribution in [-0.2, 0) is 6.54 Å². The second-order valence-electron chi connectivity index (χ2n) is 4.64. The quantitative estimate of drug-likeness (QED) is 0.341. The van der Waals surface area contributed by atoms with Crippen LogP contribution in [0.25, 0.3) is 0 Å². The number of halogens is 1. The largest absolute Gasteiger partial charge is 0.409 e. The van der Waals surface area contributed by atoms with Gasteiger partial charge in [0.05, 0.1) is 5.69 Å². The summed E-state index contributed by atoms with van der Waals surface area (Å²) in [7, 11) is 0. The molecule has 0 fully saturated rings. The Bertz CT molecular complexity index is 631. The monoisotopic (exact) mass is 288 g/mol. The van der Waals surface area contributed by atoms with Gasteiger partial charge >= 0.3 is 0 Å². The predicted molar refractivity (Wildman–Crippen MR) is 78.4 cm³/mol. The highest BCUT2D eigenvalue weighted by Gasteiger charge is 2.11. The smallest absolute Gasteiger partial charge is 0.170 e. The standard InChI is InChI=1S/C15H17FN4O/c1-10(14-4-2-3-7-18-14)19-9-11-5-6-12(16)8-13(11)15(17)20-21/h2-8,10,19,21H,9H2,1H3,(H2,17,20)/t10-/m0/s1. The summed E-state index contributed by atoms with van der Waals surface area (Å²) in [6.07, 6.45) is 1.73. The molecule has 110 valence electrons. The van der Waals surface area contributed by atoms with Crippen LogP contribution in [0.5, 0.6) is 0 Å². The molecule has 1 atom stereocenters. The van der Waals surface area contributed by atoms with Crippen molar-refractivity contribution in [2.24, 2.45) is 10.9 Å². The number of oxime groups is 1. The molecular formula is C15H17FN4O. The summed E-state index contributed by atoms with van der Waals surface area (Å²) in [5, 5.41) is 15.0. The van der Waals surface area contributed by atoms with Crippen LogP contribution in [0.15, 0.2) is 47.8 Å². The van der Waals surface area contributed by atoms with Crippen LogP contribution >= 0.6 is 0 Å². The second-order valence-corrected chi connectivity index (χ2v) is 4.64. The third kappa shape index (κ3) is 3.76. The van der Waals surface area contributed by atoms with Crippen molar-refractivity contribution in [2.75, 3.05) is 0 Å². The third-order valence-electron chi connectivity index (χ3n) is 3.19. The van der Waals surface area contributed by atoms with Gasteiger partial charge in [0.1, 0.15) is 5.82 Å². The first-order valence-electron chi connectivity index (χ1n) is 6.52. The van der Waals surface area contributed by atoms with Gasteiger partial charge in [0.15, 0.2) is 5.84 Å². The molecule has 0 spiro atoms. The van der Waals surface area contributed by atoms with Crippen molar-refractivity contribution >= 4 is 5.84 Å². The number of nitrogens with zero attached hydrogens (tertiary/aromatic N) is 2. The molecule has 1 aromatic carbocycles. The number of hydrogen-bond donors (Lipinski definition) is 3. The van der Waals surface area contributed by atoms with Gasteiger partial charge in [0.2, 0.25) is 0 Å². The van der Waals surface area contributed by atoms with Gasteiger partial charge in [-0.1, -0.05) is 17.3 Å². The van der Waals surface area contributed by atoms with E-state index >= 15 is 0 Å². The van der Waals surface area contributed by atoms with Crippen LogP contribution in [0, 0.1) is 5.82 Å². The van der Waals surface area contributed by atoms with Crippen LogP contribution in [0.4, 0.5) is 4.39 Å². The predicted octanol–water partition coefficient (Wildman–Crippen LogP) is 2.17. The molecule has 0 unspecified atom stereocenters. The minimum Gasteiger partial charge on any atom is -0.409 e. The van der Waals surface area contributed by atoms with Crippen molar-refractivity contribution in [1.82, 2.24) is 10.3 Å². The molecule has 4 N–H and O–H groups in total. The van der Waals surface area contributed by atoms with Gasteiger partial charge in [-0.05, 0) is 36.8 Å². The summed E-state index contributed by atoms with van der Waals surface area (Å²) in [5.41, 5.74) is 7.60. The molecule has 0 aliphatic rings. The second kappa shape index (κ2) is 6.81. The van der Waals surface area contributed by atoms with Gasteiger partial charge in [0.25, 0.3) is 0 Å². The Kier molecular flexibility index (Phi) is 4.84. The van der Waals surface area contributed by atoms with Gasteiger partial charge in [-0.25, -0.2) is 4.39 Å². The number of benzene rings is 1. The Hall–Kier alpha value is -2.47. The lowest BCUT2D eigenvalue weighted by Crippen LogP contribution is -2.22. The van der Waals surface area contributed by atoms with E-state index in [2.05, 4.69) is 15.5 Å². The highest BCUT2D eigenvalue weighted by atomic mass is 19.1. The maximum Gasteiger partial charge on any atom is 0.170 e. The van der Waals surface area contributed by atoms with E-state index in [-0.39, 0.29) is 11.9 Å². The number of hydrogen-bond acceptors (Lipinski definition) is 4. The third-order valence-corrected chi connectivity index (χ3v) is 3.19. The molecule has 1 heterocycles.